The van der Waals surface area contributed by atoms with Crippen molar-refractivity contribution in [1.82, 2.24) is 19.8 Å². The molecule has 5 nitrogen and oxygen atoms in total. The molecule has 0 amide bonds. The molecule has 0 radical (unpaired) electrons. The first-order valence-corrected chi connectivity index (χ1v) is 5.52. The van der Waals surface area contributed by atoms with Crippen LogP contribution in [-0.4, -0.2) is 26.4 Å². The van der Waals surface area contributed by atoms with Gasteiger partial charge in [-0.15, -0.1) is 10.2 Å². The molecule has 16 heavy (non-hydrogen) atoms. The highest BCUT2D eigenvalue weighted by Crippen LogP contribution is 2.21. The third kappa shape index (κ3) is 1.78. The smallest absolute Gasteiger partial charge is 0.177 e. The van der Waals surface area contributed by atoms with E-state index in [0.717, 1.165) is 17.2 Å². The van der Waals surface area contributed by atoms with Gasteiger partial charge in [0.15, 0.2) is 11.5 Å². The molecule has 0 aliphatic heterocycles. The van der Waals surface area contributed by atoms with Crippen LogP contribution in [-0.2, 0) is 0 Å². The molecule has 0 bridgehead atoms. The van der Waals surface area contributed by atoms with Gasteiger partial charge in [0, 0.05) is 12.5 Å². The van der Waals surface area contributed by atoms with Crippen molar-refractivity contribution in [2.75, 3.05) is 6.54 Å². The molecule has 86 valence electrons. The lowest BCUT2D eigenvalue weighted by atomic mass is 9.95. The Kier molecular flexibility index (Phi) is 2.87. The summed E-state index contributed by atoms with van der Waals surface area (Å²) in [6, 6.07) is 3.85. The zero-order chi connectivity index (χ0) is 11.7. The Morgan fingerprint density at radius 1 is 1.31 bits per heavy atom. The summed E-state index contributed by atoms with van der Waals surface area (Å²) in [5.41, 5.74) is 7.51. The van der Waals surface area contributed by atoms with Gasteiger partial charge in [0.2, 0.25) is 0 Å². The minimum absolute atomic E-state index is 0.198. The predicted molar refractivity (Wildman–Crippen MR) is 62.2 cm³/mol. The minimum Gasteiger partial charge on any atom is -0.330 e. The summed E-state index contributed by atoms with van der Waals surface area (Å²) in [5, 5.41) is 12.7. The van der Waals surface area contributed by atoms with E-state index in [1.807, 2.05) is 19.1 Å². The van der Waals surface area contributed by atoms with E-state index in [0.29, 0.717) is 12.5 Å². The van der Waals surface area contributed by atoms with Gasteiger partial charge in [-0.25, -0.2) is 0 Å². The lowest BCUT2D eigenvalue weighted by Crippen LogP contribution is -2.21. The van der Waals surface area contributed by atoms with Gasteiger partial charge >= 0.3 is 0 Å². The molecule has 0 spiro atoms. The van der Waals surface area contributed by atoms with Gasteiger partial charge in [-0.05, 0) is 25.0 Å². The van der Waals surface area contributed by atoms with Crippen molar-refractivity contribution < 1.29 is 0 Å². The van der Waals surface area contributed by atoms with E-state index in [9.17, 15) is 0 Å². The molecular formula is C11H17N5. The summed E-state index contributed by atoms with van der Waals surface area (Å²) in [4.78, 5) is 0. The zero-order valence-corrected chi connectivity index (χ0v) is 9.88. The van der Waals surface area contributed by atoms with Crippen LogP contribution in [0.25, 0.3) is 5.65 Å². The first kappa shape index (κ1) is 11.0. The lowest BCUT2D eigenvalue weighted by molar-refractivity contribution is 0.473. The van der Waals surface area contributed by atoms with Crippen LogP contribution in [0.3, 0.4) is 0 Å². The molecular weight excluding hydrogens is 202 g/mol. The van der Waals surface area contributed by atoms with Crippen molar-refractivity contribution in [2.45, 2.75) is 26.7 Å². The van der Waals surface area contributed by atoms with Crippen LogP contribution in [0.2, 0.25) is 0 Å². The number of hydrogen-bond acceptors (Lipinski definition) is 4. The van der Waals surface area contributed by atoms with Crippen LogP contribution in [0.5, 0.6) is 0 Å². The molecule has 0 saturated carbocycles. The summed E-state index contributed by atoms with van der Waals surface area (Å²) in [7, 11) is 0. The highest BCUT2D eigenvalue weighted by atomic mass is 15.4. The third-order valence-corrected chi connectivity index (χ3v) is 2.81. The van der Waals surface area contributed by atoms with Gasteiger partial charge in [-0.2, -0.15) is 9.61 Å². The normalized spacial score (nSPS) is 13.6. The van der Waals surface area contributed by atoms with E-state index in [-0.39, 0.29) is 5.92 Å². The number of rotatable bonds is 3. The minimum atomic E-state index is 0.198. The molecule has 0 fully saturated rings. The average molecular weight is 219 g/mol. The van der Waals surface area contributed by atoms with Crippen LogP contribution < -0.4 is 5.73 Å². The summed E-state index contributed by atoms with van der Waals surface area (Å²) in [5.74, 6) is 1.49. The summed E-state index contributed by atoms with van der Waals surface area (Å²) in [6.45, 7) is 6.78. The number of aromatic nitrogens is 4. The van der Waals surface area contributed by atoms with Crippen molar-refractivity contribution in [3.05, 3.63) is 23.7 Å². The van der Waals surface area contributed by atoms with Crippen LogP contribution in [0.4, 0.5) is 0 Å². The Balaban J connectivity index is 2.55. The molecule has 5 heteroatoms. The Morgan fingerprint density at radius 2 is 2.06 bits per heavy atom. The summed E-state index contributed by atoms with van der Waals surface area (Å²) < 4.78 is 1.80. The van der Waals surface area contributed by atoms with E-state index in [1.165, 1.54) is 0 Å². The maximum atomic E-state index is 5.79. The molecule has 0 aliphatic rings. The van der Waals surface area contributed by atoms with Crippen molar-refractivity contribution in [3.8, 4) is 0 Å². The quantitative estimate of drug-likeness (QED) is 0.840. The number of nitrogens with two attached hydrogens (primary N) is 1. The second-order valence-electron chi connectivity index (χ2n) is 4.39. The van der Waals surface area contributed by atoms with Gasteiger partial charge in [0.05, 0.1) is 5.69 Å². The van der Waals surface area contributed by atoms with Gasteiger partial charge < -0.3 is 5.73 Å². The lowest BCUT2D eigenvalue weighted by Gasteiger charge is -2.16. The Morgan fingerprint density at radius 3 is 2.69 bits per heavy atom. The van der Waals surface area contributed by atoms with Crippen molar-refractivity contribution in [1.29, 1.82) is 0 Å². The fourth-order valence-corrected chi connectivity index (χ4v) is 1.80. The van der Waals surface area contributed by atoms with Gasteiger partial charge in [0.1, 0.15) is 0 Å². The molecule has 2 aromatic heterocycles. The third-order valence-electron chi connectivity index (χ3n) is 2.81. The first-order valence-electron chi connectivity index (χ1n) is 5.52. The molecule has 2 aromatic rings. The van der Waals surface area contributed by atoms with E-state index >= 15 is 0 Å². The second-order valence-corrected chi connectivity index (χ2v) is 4.39. The zero-order valence-electron chi connectivity index (χ0n) is 9.88. The maximum Gasteiger partial charge on any atom is 0.177 e. The van der Waals surface area contributed by atoms with Crippen LogP contribution >= 0.6 is 0 Å². The highest BCUT2D eigenvalue weighted by Gasteiger charge is 2.20. The van der Waals surface area contributed by atoms with E-state index in [4.69, 9.17) is 5.73 Å². The molecule has 2 N–H and O–H groups in total. The van der Waals surface area contributed by atoms with E-state index in [1.54, 1.807) is 4.52 Å². The fraction of sp³-hybridized carbons (Fsp3) is 0.545. The van der Waals surface area contributed by atoms with E-state index in [2.05, 4.69) is 29.1 Å². The summed E-state index contributed by atoms with van der Waals surface area (Å²) >= 11 is 0. The van der Waals surface area contributed by atoms with Crippen molar-refractivity contribution in [2.24, 2.45) is 11.7 Å². The van der Waals surface area contributed by atoms with Gasteiger partial charge in [-0.1, -0.05) is 13.8 Å². The molecule has 1 atom stereocenters. The predicted octanol–water partition coefficient (Wildman–Crippen LogP) is 1.13. The monoisotopic (exact) mass is 219 g/mol. The Hall–Kier alpha value is -1.49. The fourth-order valence-electron chi connectivity index (χ4n) is 1.80. The maximum absolute atomic E-state index is 5.79. The molecule has 0 saturated heterocycles. The summed E-state index contributed by atoms with van der Waals surface area (Å²) in [6.07, 6.45) is 0. The second kappa shape index (κ2) is 4.17. The Bertz CT molecular complexity index is 488. The largest absolute Gasteiger partial charge is 0.330 e. The molecule has 2 rings (SSSR count). The number of nitrogens with zero attached hydrogens (tertiary/aromatic N) is 4. The highest BCUT2D eigenvalue weighted by molar-refractivity contribution is 5.36. The molecule has 2 heterocycles. The van der Waals surface area contributed by atoms with Crippen LogP contribution in [0.1, 0.15) is 31.3 Å². The van der Waals surface area contributed by atoms with Gasteiger partial charge in [0.25, 0.3) is 0 Å². The topological polar surface area (TPSA) is 69.1 Å². The number of hydrogen-bond donors (Lipinski definition) is 1. The van der Waals surface area contributed by atoms with Crippen molar-refractivity contribution >= 4 is 5.65 Å². The standard InChI is InChI=1S/C11H17N5/c1-7(2)9(6-12)11-14-13-10-5-4-8(3)15-16(10)11/h4-5,7,9H,6,12H2,1-3H3/t9-/m1/s1. The number of aryl methyl sites for hydroxylation is 1. The van der Waals surface area contributed by atoms with Gasteiger partial charge in [-0.3, -0.25) is 0 Å². The van der Waals surface area contributed by atoms with Crippen molar-refractivity contribution in [3.63, 3.8) is 0 Å². The average Bonchev–Trinajstić information content (AvgIpc) is 2.62. The molecule has 0 aromatic carbocycles. The first-order chi connectivity index (χ1) is 7.63. The SMILES string of the molecule is Cc1ccc2nnc([C@H](CN)C(C)C)n2n1. The Labute approximate surface area is 94.7 Å². The molecule has 0 aliphatic carbocycles. The van der Waals surface area contributed by atoms with Crippen LogP contribution in [0, 0.1) is 12.8 Å². The van der Waals surface area contributed by atoms with E-state index < -0.39 is 0 Å². The van der Waals surface area contributed by atoms with Crippen LogP contribution in [0.15, 0.2) is 12.1 Å². The number of fused-ring (bicyclic) bond motifs is 1. The molecule has 0 unspecified atom stereocenters.